The maximum atomic E-state index is 11.8. The topological polar surface area (TPSA) is 57.6 Å². The minimum absolute atomic E-state index is 0.0890. The Kier molecular flexibility index (Phi) is 3.13. The van der Waals surface area contributed by atoms with Gasteiger partial charge in [-0.3, -0.25) is 9.59 Å². The molecule has 0 aromatic heterocycles. The second-order valence-corrected chi connectivity index (χ2v) is 5.00. The fourth-order valence-corrected chi connectivity index (χ4v) is 1.94. The number of rotatable bonds is 2. The molecule has 0 unspecified atom stereocenters. The number of carboxylic acid groups (broad SMARTS) is 1. The summed E-state index contributed by atoms with van der Waals surface area (Å²) in [5, 5.41) is 8.70. The van der Waals surface area contributed by atoms with Gasteiger partial charge in [0, 0.05) is 22.2 Å². The fourth-order valence-electron chi connectivity index (χ4n) is 1.58. The lowest BCUT2D eigenvalue weighted by Gasteiger charge is -2.36. The van der Waals surface area contributed by atoms with Crippen molar-refractivity contribution in [3.63, 3.8) is 0 Å². The van der Waals surface area contributed by atoms with Crippen molar-refractivity contribution in [1.82, 2.24) is 4.90 Å². The zero-order valence-electron chi connectivity index (χ0n) is 8.39. The third-order valence-electron chi connectivity index (χ3n) is 2.61. The smallest absolute Gasteiger partial charge is 0.310 e. The van der Waals surface area contributed by atoms with Crippen molar-refractivity contribution in [2.75, 3.05) is 13.1 Å². The molecule has 4 nitrogen and oxygen atoms in total. The normalized spacial score (nSPS) is 15.7. The fraction of sp³-hybridized carbons (Fsp3) is 0.273. The number of carbonyl (C=O) groups is 2. The number of hydrogen-bond acceptors (Lipinski definition) is 2. The number of aliphatic carboxylic acids is 1. The van der Waals surface area contributed by atoms with Crippen LogP contribution >= 0.6 is 22.6 Å². The first kappa shape index (κ1) is 11.4. The van der Waals surface area contributed by atoms with Crippen LogP contribution < -0.4 is 0 Å². The summed E-state index contributed by atoms with van der Waals surface area (Å²) < 4.78 is 1.07. The summed E-state index contributed by atoms with van der Waals surface area (Å²) in [6, 6.07) is 7.25. The summed E-state index contributed by atoms with van der Waals surface area (Å²) in [5.41, 5.74) is 0.615. The predicted octanol–water partition coefficient (Wildman–Crippen LogP) is 1.45. The molecular formula is C11H10INO3. The zero-order valence-corrected chi connectivity index (χ0v) is 10.5. The van der Waals surface area contributed by atoms with E-state index in [1.807, 2.05) is 12.1 Å². The molecule has 0 aliphatic carbocycles. The minimum atomic E-state index is -0.827. The van der Waals surface area contributed by atoms with Crippen molar-refractivity contribution in [3.05, 3.63) is 33.4 Å². The van der Waals surface area contributed by atoms with E-state index in [-0.39, 0.29) is 5.91 Å². The number of carboxylic acids is 1. The van der Waals surface area contributed by atoms with Crippen LogP contribution in [0, 0.1) is 9.49 Å². The number of nitrogens with zero attached hydrogens (tertiary/aromatic N) is 1. The van der Waals surface area contributed by atoms with Crippen LogP contribution in [0.1, 0.15) is 10.4 Å². The summed E-state index contributed by atoms with van der Waals surface area (Å²) in [6.45, 7) is 0.639. The second kappa shape index (κ2) is 4.40. The first-order valence-electron chi connectivity index (χ1n) is 4.85. The Morgan fingerprint density at radius 2 is 1.81 bits per heavy atom. The van der Waals surface area contributed by atoms with E-state index >= 15 is 0 Å². The predicted molar refractivity (Wildman–Crippen MR) is 66.2 cm³/mol. The van der Waals surface area contributed by atoms with Gasteiger partial charge in [-0.1, -0.05) is 0 Å². The molecule has 0 atom stereocenters. The van der Waals surface area contributed by atoms with Crippen molar-refractivity contribution in [3.8, 4) is 0 Å². The van der Waals surface area contributed by atoms with Crippen LogP contribution in [0.3, 0.4) is 0 Å². The van der Waals surface area contributed by atoms with Crippen molar-refractivity contribution >= 4 is 34.5 Å². The molecule has 1 aliphatic heterocycles. The number of carbonyl (C=O) groups excluding carboxylic acids is 1. The lowest BCUT2D eigenvalue weighted by molar-refractivity contribution is -0.146. The SMILES string of the molecule is O=C(O)C1CN(C(=O)c2ccc(I)cc2)C1. The van der Waals surface area contributed by atoms with E-state index in [9.17, 15) is 9.59 Å². The molecule has 0 spiro atoms. The first-order chi connectivity index (χ1) is 7.58. The minimum Gasteiger partial charge on any atom is -0.481 e. The maximum Gasteiger partial charge on any atom is 0.310 e. The molecule has 2 rings (SSSR count). The first-order valence-corrected chi connectivity index (χ1v) is 5.93. The molecule has 16 heavy (non-hydrogen) atoms. The van der Waals surface area contributed by atoms with Gasteiger partial charge in [0.1, 0.15) is 0 Å². The number of hydrogen-bond donors (Lipinski definition) is 1. The van der Waals surface area contributed by atoms with E-state index in [1.54, 1.807) is 17.0 Å². The van der Waals surface area contributed by atoms with E-state index in [2.05, 4.69) is 22.6 Å². The molecule has 0 saturated carbocycles. The molecule has 1 aromatic rings. The Hall–Kier alpha value is -1.11. The molecule has 5 heteroatoms. The molecule has 84 valence electrons. The molecule has 1 aliphatic rings. The molecule has 1 aromatic carbocycles. The van der Waals surface area contributed by atoms with Crippen LogP contribution in [0.5, 0.6) is 0 Å². The van der Waals surface area contributed by atoms with Crippen LogP contribution in [0.25, 0.3) is 0 Å². The Morgan fingerprint density at radius 1 is 1.25 bits per heavy atom. The van der Waals surface area contributed by atoms with Gasteiger partial charge in [-0.15, -0.1) is 0 Å². The molecule has 0 bridgehead atoms. The lowest BCUT2D eigenvalue weighted by Crippen LogP contribution is -2.53. The molecule has 1 amide bonds. The van der Waals surface area contributed by atoms with Crippen LogP contribution in [0.4, 0.5) is 0 Å². The van der Waals surface area contributed by atoms with E-state index < -0.39 is 11.9 Å². The van der Waals surface area contributed by atoms with Gasteiger partial charge in [0.05, 0.1) is 5.92 Å². The Bertz CT molecular complexity index is 423. The van der Waals surface area contributed by atoms with Gasteiger partial charge in [0.2, 0.25) is 0 Å². The Balaban J connectivity index is 2.00. The van der Waals surface area contributed by atoms with Crippen LogP contribution in [-0.4, -0.2) is 35.0 Å². The molecule has 1 N–H and O–H groups in total. The molecular weight excluding hydrogens is 321 g/mol. The van der Waals surface area contributed by atoms with Crippen molar-refractivity contribution in [1.29, 1.82) is 0 Å². The van der Waals surface area contributed by atoms with Crippen molar-refractivity contribution in [2.24, 2.45) is 5.92 Å². The average Bonchev–Trinajstić information content (AvgIpc) is 2.15. The number of likely N-dealkylation sites (tertiary alicyclic amines) is 1. The molecule has 1 fully saturated rings. The largest absolute Gasteiger partial charge is 0.481 e. The third kappa shape index (κ3) is 2.18. The van der Waals surface area contributed by atoms with Gasteiger partial charge in [-0.2, -0.15) is 0 Å². The zero-order chi connectivity index (χ0) is 11.7. The Morgan fingerprint density at radius 3 is 2.31 bits per heavy atom. The summed E-state index contributed by atoms with van der Waals surface area (Å²) in [5.74, 6) is -1.31. The average molecular weight is 331 g/mol. The van der Waals surface area contributed by atoms with E-state index in [4.69, 9.17) is 5.11 Å². The second-order valence-electron chi connectivity index (χ2n) is 3.75. The quantitative estimate of drug-likeness (QED) is 0.835. The Labute approximate surface area is 106 Å². The number of amides is 1. The molecule has 1 heterocycles. The lowest BCUT2D eigenvalue weighted by atomic mass is 9.99. The van der Waals surface area contributed by atoms with Gasteiger partial charge < -0.3 is 10.0 Å². The van der Waals surface area contributed by atoms with Gasteiger partial charge >= 0.3 is 5.97 Å². The standard InChI is InChI=1S/C11H10INO3/c12-9-3-1-7(2-4-9)10(14)13-5-8(6-13)11(15)16/h1-4,8H,5-6H2,(H,15,16). The van der Waals surface area contributed by atoms with Gasteiger partial charge in [-0.25, -0.2) is 0 Å². The maximum absolute atomic E-state index is 11.8. The highest BCUT2D eigenvalue weighted by atomic mass is 127. The summed E-state index contributed by atoms with van der Waals surface area (Å²) in [4.78, 5) is 24.0. The highest BCUT2D eigenvalue weighted by molar-refractivity contribution is 14.1. The highest BCUT2D eigenvalue weighted by Gasteiger charge is 2.35. The van der Waals surface area contributed by atoms with E-state index in [0.29, 0.717) is 18.7 Å². The van der Waals surface area contributed by atoms with Crippen LogP contribution in [0.2, 0.25) is 0 Å². The summed E-state index contributed by atoms with van der Waals surface area (Å²) >= 11 is 2.17. The number of halogens is 1. The van der Waals surface area contributed by atoms with Crippen LogP contribution in [0.15, 0.2) is 24.3 Å². The number of benzene rings is 1. The molecule has 1 saturated heterocycles. The third-order valence-corrected chi connectivity index (χ3v) is 3.33. The van der Waals surface area contributed by atoms with Gasteiger partial charge in [-0.05, 0) is 46.9 Å². The van der Waals surface area contributed by atoms with Crippen LogP contribution in [-0.2, 0) is 4.79 Å². The van der Waals surface area contributed by atoms with E-state index in [0.717, 1.165) is 3.57 Å². The molecule has 0 radical (unpaired) electrons. The van der Waals surface area contributed by atoms with Gasteiger partial charge in [0.25, 0.3) is 5.91 Å². The highest BCUT2D eigenvalue weighted by Crippen LogP contribution is 2.19. The van der Waals surface area contributed by atoms with E-state index in [1.165, 1.54) is 0 Å². The van der Waals surface area contributed by atoms with Crippen molar-refractivity contribution < 1.29 is 14.7 Å². The van der Waals surface area contributed by atoms with Crippen molar-refractivity contribution in [2.45, 2.75) is 0 Å². The van der Waals surface area contributed by atoms with Gasteiger partial charge in [0.15, 0.2) is 0 Å². The monoisotopic (exact) mass is 331 g/mol. The summed E-state index contributed by atoms with van der Waals surface area (Å²) in [6.07, 6.45) is 0. The summed E-state index contributed by atoms with van der Waals surface area (Å²) in [7, 11) is 0.